The highest BCUT2D eigenvalue weighted by Crippen LogP contribution is 2.32. The molecule has 2 N–H and O–H groups in total. The van der Waals surface area contributed by atoms with Crippen LogP contribution in [0.3, 0.4) is 0 Å². The van der Waals surface area contributed by atoms with Gasteiger partial charge in [0.2, 0.25) is 5.91 Å². The number of anilines is 1. The Bertz CT molecular complexity index is 792. The number of fused-ring (bicyclic) bond motifs is 1. The van der Waals surface area contributed by atoms with Crippen molar-refractivity contribution < 1.29 is 27.9 Å². The van der Waals surface area contributed by atoms with Crippen molar-refractivity contribution in [2.24, 2.45) is 5.92 Å². The van der Waals surface area contributed by atoms with Crippen molar-refractivity contribution >= 4 is 38.7 Å². The molecule has 7 nitrogen and oxygen atoms in total. The highest BCUT2D eigenvalue weighted by molar-refractivity contribution is 7.22. The minimum Gasteiger partial charge on any atom is -0.476 e. The highest BCUT2D eigenvalue weighted by Gasteiger charge is 2.32. The van der Waals surface area contributed by atoms with E-state index >= 15 is 0 Å². The summed E-state index contributed by atoms with van der Waals surface area (Å²) in [5, 5.41) is 15.2. The number of carboxylic acids is 1. The molecule has 2 aromatic rings. The minimum absolute atomic E-state index is 0.00784. The molecule has 0 unspecified atom stereocenters. The predicted octanol–water partition coefficient (Wildman–Crippen LogP) is 2.88. The van der Waals surface area contributed by atoms with Gasteiger partial charge < -0.3 is 10.4 Å². The molecule has 1 fully saturated rings. The third-order valence-electron chi connectivity index (χ3n) is 3.78. The summed E-state index contributed by atoms with van der Waals surface area (Å²) in [5.74, 6) is -1.82. The van der Waals surface area contributed by atoms with Crippen LogP contribution in [0, 0.1) is 5.92 Å². The van der Waals surface area contributed by atoms with Gasteiger partial charge in [-0.15, -0.1) is 0 Å². The van der Waals surface area contributed by atoms with Crippen LogP contribution in [-0.4, -0.2) is 37.9 Å². The molecule has 0 bridgehead atoms. The monoisotopic (exact) mass is 362 g/mol. The first-order valence-corrected chi connectivity index (χ1v) is 8.04. The SMILES string of the molecule is O=C(O)c1nn(CC(F)(F)F)c2nc(NC(=O)C3CCCC3)sc12. The second-order valence-electron chi connectivity index (χ2n) is 5.57. The maximum Gasteiger partial charge on any atom is 0.408 e. The molecule has 0 spiro atoms. The molecule has 0 radical (unpaired) electrons. The number of carbonyl (C=O) groups is 2. The average molecular weight is 362 g/mol. The Morgan fingerprint density at radius 1 is 1.33 bits per heavy atom. The number of hydrogen-bond donors (Lipinski definition) is 2. The van der Waals surface area contributed by atoms with Crippen molar-refractivity contribution in [2.45, 2.75) is 38.4 Å². The lowest BCUT2D eigenvalue weighted by Crippen LogP contribution is -2.21. The van der Waals surface area contributed by atoms with Gasteiger partial charge in [-0.2, -0.15) is 23.3 Å². The first-order chi connectivity index (χ1) is 11.2. The molecule has 0 saturated heterocycles. The zero-order valence-corrected chi connectivity index (χ0v) is 13.1. The fourth-order valence-electron chi connectivity index (χ4n) is 2.72. The quantitative estimate of drug-likeness (QED) is 0.872. The van der Waals surface area contributed by atoms with Gasteiger partial charge in [-0.3, -0.25) is 4.79 Å². The van der Waals surface area contributed by atoms with E-state index in [9.17, 15) is 22.8 Å². The van der Waals surface area contributed by atoms with E-state index in [0.717, 1.165) is 37.0 Å². The van der Waals surface area contributed by atoms with Gasteiger partial charge in [0.15, 0.2) is 16.5 Å². The summed E-state index contributed by atoms with van der Waals surface area (Å²) in [7, 11) is 0. The lowest BCUT2D eigenvalue weighted by atomic mass is 10.1. The van der Waals surface area contributed by atoms with E-state index < -0.39 is 24.4 Å². The third kappa shape index (κ3) is 3.35. The van der Waals surface area contributed by atoms with Crippen LogP contribution in [0.2, 0.25) is 0 Å². The summed E-state index contributed by atoms with van der Waals surface area (Å²) in [6, 6.07) is 0. The van der Waals surface area contributed by atoms with Gasteiger partial charge in [0.05, 0.1) is 0 Å². The van der Waals surface area contributed by atoms with Crippen molar-refractivity contribution in [3.63, 3.8) is 0 Å². The summed E-state index contributed by atoms with van der Waals surface area (Å²) in [6.07, 6.45) is -1.12. The maximum absolute atomic E-state index is 12.6. The zero-order chi connectivity index (χ0) is 17.5. The zero-order valence-electron chi connectivity index (χ0n) is 12.3. The van der Waals surface area contributed by atoms with Crippen molar-refractivity contribution in [2.75, 3.05) is 5.32 Å². The van der Waals surface area contributed by atoms with Crippen LogP contribution < -0.4 is 5.32 Å². The Balaban J connectivity index is 1.92. The number of carboxylic acid groups (broad SMARTS) is 1. The summed E-state index contributed by atoms with van der Waals surface area (Å²) in [4.78, 5) is 27.2. The normalized spacial score (nSPS) is 16.0. The third-order valence-corrected chi connectivity index (χ3v) is 4.74. The number of hydrogen-bond acceptors (Lipinski definition) is 5. The number of halogens is 3. The van der Waals surface area contributed by atoms with Gasteiger partial charge in [0.1, 0.15) is 11.2 Å². The first-order valence-electron chi connectivity index (χ1n) is 7.23. The Morgan fingerprint density at radius 3 is 2.58 bits per heavy atom. The van der Waals surface area contributed by atoms with Crippen LogP contribution in [0.1, 0.15) is 36.2 Å². The fraction of sp³-hybridized carbons (Fsp3) is 0.538. The van der Waals surface area contributed by atoms with Crippen molar-refractivity contribution in [1.82, 2.24) is 14.8 Å². The molecule has 0 aromatic carbocycles. The van der Waals surface area contributed by atoms with Crippen molar-refractivity contribution in [3.8, 4) is 0 Å². The molecule has 0 aliphatic heterocycles. The number of nitrogens with zero attached hydrogens (tertiary/aromatic N) is 3. The van der Waals surface area contributed by atoms with Crippen molar-refractivity contribution in [1.29, 1.82) is 0 Å². The summed E-state index contributed by atoms with van der Waals surface area (Å²) in [6.45, 7) is -1.45. The first kappa shape index (κ1) is 16.7. The minimum atomic E-state index is -4.56. The molecule has 24 heavy (non-hydrogen) atoms. The Labute approximate surface area is 137 Å². The summed E-state index contributed by atoms with van der Waals surface area (Å²) in [5.41, 5.74) is -0.704. The number of alkyl halides is 3. The number of aromatic carboxylic acids is 1. The topological polar surface area (TPSA) is 97.1 Å². The Kier molecular flexibility index (Phi) is 4.20. The second kappa shape index (κ2) is 6.04. The molecular formula is C13H13F3N4O3S. The molecule has 0 atom stereocenters. The second-order valence-corrected chi connectivity index (χ2v) is 6.57. The molecule has 3 rings (SSSR count). The summed E-state index contributed by atoms with van der Waals surface area (Å²) < 4.78 is 38.3. The number of carbonyl (C=O) groups excluding carboxylic acids is 1. The lowest BCUT2D eigenvalue weighted by Gasteiger charge is -2.08. The molecule has 1 amide bonds. The van der Waals surface area contributed by atoms with Gasteiger partial charge >= 0.3 is 12.1 Å². The van der Waals surface area contributed by atoms with Crippen LogP contribution in [0.5, 0.6) is 0 Å². The van der Waals surface area contributed by atoms with Crippen LogP contribution in [0.25, 0.3) is 10.3 Å². The molecule has 1 aliphatic carbocycles. The Morgan fingerprint density at radius 2 is 2.00 bits per heavy atom. The van der Waals surface area contributed by atoms with Crippen LogP contribution in [0.4, 0.5) is 18.3 Å². The van der Waals surface area contributed by atoms with E-state index in [1.54, 1.807) is 0 Å². The number of nitrogens with one attached hydrogen (secondary N) is 1. The molecule has 1 aliphatic rings. The van der Waals surface area contributed by atoms with Gasteiger partial charge in [-0.25, -0.2) is 9.48 Å². The van der Waals surface area contributed by atoms with Gasteiger partial charge in [-0.05, 0) is 12.8 Å². The number of aromatic nitrogens is 3. The van der Waals surface area contributed by atoms with Crippen LogP contribution >= 0.6 is 11.3 Å². The number of rotatable bonds is 4. The smallest absolute Gasteiger partial charge is 0.408 e. The van der Waals surface area contributed by atoms with Crippen LogP contribution in [-0.2, 0) is 11.3 Å². The average Bonchev–Trinajstić information content (AvgIpc) is 3.14. The molecule has 2 aromatic heterocycles. The molecule has 11 heteroatoms. The highest BCUT2D eigenvalue weighted by atomic mass is 32.1. The number of thiazole rings is 1. The van der Waals surface area contributed by atoms with E-state index in [-0.39, 0.29) is 27.3 Å². The number of amides is 1. The molecule has 130 valence electrons. The summed E-state index contributed by atoms with van der Waals surface area (Å²) >= 11 is 0.812. The standard InChI is InChI=1S/C13H13F3N4O3S/c14-13(15,16)5-20-9-8(7(19-20)11(22)23)24-12(17-9)18-10(21)6-3-1-2-4-6/h6H,1-5H2,(H,22,23)(H,17,18,21). The predicted molar refractivity (Wildman–Crippen MR) is 79.0 cm³/mol. The van der Waals surface area contributed by atoms with Crippen LogP contribution in [0.15, 0.2) is 0 Å². The van der Waals surface area contributed by atoms with Gasteiger partial charge in [0, 0.05) is 5.92 Å². The van der Waals surface area contributed by atoms with E-state index in [4.69, 9.17) is 5.11 Å². The molecule has 1 saturated carbocycles. The van der Waals surface area contributed by atoms with E-state index in [1.165, 1.54) is 0 Å². The van der Waals surface area contributed by atoms with E-state index in [2.05, 4.69) is 15.4 Å². The fourth-order valence-corrected chi connectivity index (χ4v) is 3.67. The Hall–Kier alpha value is -2.17. The van der Waals surface area contributed by atoms with Gasteiger partial charge in [-0.1, -0.05) is 24.2 Å². The van der Waals surface area contributed by atoms with Crippen molar-refractivity contribution in [3.05, 3.63) is 5.69 Å². The lowest BCUT2D eigenvalue weighted by molar-refractivity contribution is -0.142. The molecular weight excluding hydrogens is 349 g/mol. The van der Waals surface area contributed by atoms with Gasteiger partial charge in [0.25, 0.3) is 0 Å². The largest absolute Gasteiger partial charge is 0.476 e. The maximum atomic E-state index is 12.6. The van der Waals surface area contributed by atoms with E-state index in [1.807, 2.05) is 0 Å². The molecule has 2 heterocycles. The van der Waals surface area contributed by atoms with E-state index in [0.29, 0.717) is 4.68 Å².